The van der Waals surface area contributed by atoms with Gasteiger partial charge in [0.1, 0.15) is 11.6 Å². The fraction of sp³-hybridized carbons (Fsp3) is 0.0690. The van der Waals surface area contributed by atoms with E-state index in [2.05, 4.69) is 0 Å². The number of aryl methyl sites for hydroxylation is 1. The molecule has 0 fully saturated rings. The van der Waals surface area contributed by atoms with Gasteiger partial charge in [0.05, 0.1) is 16.6 Å². The maximum Gasteiger partial charge on any atom is 0.266 e. The number of para-hydroxylation sites is 2. The number of carbonyl (C=O) groups excluding carboxylic acids is 1. The first-order chi connectivity index (χ1) is 16.6. The zero-order valence-corrected chi connectivity index (χ0v) is 18.6. The maximum atomic E-state index is 13.6. The number of ketones is 1. The molecule has 5 heteroatoms. The fourth-order valence-electron chi connectivity index (χ4n) is 3.91. The summed E-state index contributed by atoms with van der Waals surface area (Å²) in [5.74, 6) is 0.835. The molecular weight excluding hydrogens is 424 g/mol. The average molecular weight is 447 g/mol. The molecule has 34 heavy (non-hydrogen) atoms. The van der Waals surface area contributed by atoms with Gasteiger partial charge in [0.15, 0.2) is 6.61 Å². The Balaban J connectivity index is 1.66. The summed E-state index contributed by atoms with van der Waals surface area (Å²) in [7, 11) is 0. The van der Waals surface area contributed by atoms with Gasteiger partial charge in [-0.05, 0) is 43.3 Å². The van der Waals surface area contributed by atoms with Crippen molar-refractivity contribution in [2.24, 2.45) is 0 Å². The SMILES string of the molecule is Cc1ccc(-n2c(-c3ccccc3C(=O)COc3ccccc3)nc3ccccc3c2=O)cc1. The van der Waals surface area contributed by atoms with Gasteiger partial charge in [0, 0.05) is 11.1 Å². The Morgan fingerprint density at radius 2 is 1.50 bits per heavy atom. The molecule has 0 aliphatic rings. The van der Waals surface area contributed by atoms with Gasteiger partial charge in [-0.15, -0.1) is 0 Å². The molecule has 0 radical (unpaired) electrons. The third-order valence-corrected chi connectivity index (χ3v) is 5.65. The first-order valence-electron chi connectivity index (χ1n) is 11.0. The Morgan fingerprint density at radius 3 is 2.29 bits per heavy atom. The molecule has 0 amide bonds. The van der Waals surface area contributed by atoms with Gasteiger partial charge in [0.2, 0.25) is 5.78 Å². The molecule has 0 saturated carbocycles. The molecule has 0 saturated heterocycles. The minimum atomic E-state index is -0.197. The molecule has 0 atom stereocenters. The van der Waals surface area contributed by atoms with E-state index in [9.17, 15) is 9.59 Å². The van der Waals surface area contributed by atoms with E-state index in [0.29, 0.717) is 39.3 Å². The highest BCUT2D eigenvalue weighted by atomic mass is 16.5. The lowest BCUT2D eigenvalue weighted by molar-refractivity contribution is 0.0922. The van der Waals surface area contributed by atoms with E-state index < -0.39 is 0 Å². The number of Topliss-reactive ketones (excluding diaryl/α,β-unsaturated/α-hetero) is 1. The van der Waals surface area contributed by atoms with E-state index in [0.717, 1.165) is 5.56 Å². The van der Waals surface area contributed by atoms with E-state index in [1.165, 1.54) is 0 Å². The van der Waals surface area contributed by atoms with Gasteiger partial charge < -0.3 is 4.74 Å². The normalized spacial score (nSPS) is 10.9. The standard InChI is InChI=1S/C29H22N2O3/c1-20-15-17-21(18-16-20)31-28(30-26-14-8-7-13-25(26)29(31)33)24-12-6-5-11-23(24)27(32)19-34-22-9-3-2-4-10-22/h2-18H,19H2,1H3. The van der Waals surface area contributed by atoms with Crippen LogP contribution in [0.2, 0.25) is 0 Å². The first-order valence-corrected chi connectivity index (χ1v) is 11.0. The first kappa shape index (κ1) is 21.3. The van der Waals surface area contributed by atoms with Crippen LogP contribution in [0, 0.1) is 6.92 Å². The van der Waals surface area contributed by atoms with Crippen molar-refractivity contribution < 1.29 is 9.53 Å². The molecule has 1 aromatic heterocycles. The Morgan fingerprint density at radius 1 is 0.824 bits per heavy atom. The van der Waals surface area contributed by atoms with Crippen LogP contribution in [0.3, 0.4) is 0 Å². The van der Waals surface area contributed by atoms with Crippen molar-refractivity contribution in [3.05, 3.63) is 125 Å². The summed E-state index contributed by atoms with van der Waals surface area (Å²) in [6.45, 7) is 1.87. The van der Waals surface area contributed by atoms with Crippen LogP contribution >= 0.6 is 0 Å². The number of fused-ring (bicyclic) bond motifs is 1. The van der Waals surface area contributed by atoms with E-state index in [1.807, 2.05) is 79.7 Å². The van der Waals surface area contributed by atoms with E-state index >= 15 is 0 Å². The molecule has 0 bridgehead atoms. The molecule has 0 N–H and O–H groups in total. The molecule has 5 rings (SSSR count). The number of ether oxygens (including phenoxy) is 1. The minimum absolute atomic E-state index is 0.122. The fourth-order valence-corrected chi connectivity index (χ4v) is 3.91. The molecule has 5 nitrogen and oxygen atoms in total. The summed E-state index contributed by atoms with van der Waals surface area (Å²) < 4.78 is 7.27. The van der Waals surface area contributed by atoms with Gasteiger partial charge in [-0.1, -0.05) is 72.3 Å². The Hall–Kier alpha value is -4.51. The molecule has 0 unspecified atom stereocenters. The number of hydrogen-bond acceptors (Lipinski definition) is 4. The predicted molar refractivity (Wildman–Crippen MR) is 134 cm³/mol. The summed E-state index contributed by atoms with van der Waals surface area (Å²) in [4.78, 5) is 31.7. The van der Waals surface area contributed by atoms with Crippen LogP contribution in [0.4, 0.5) is 0 Å². The monoisotopic (exact) mass is 446 g/mol. The predicted octanol–water partition coefficient (Wildman–Crippen LogP) is 5.62. The number of nitrogens with zero attached hydrogens (tertiary/aromatic N) is 2. The molecule has 1 heterocycles. The number of aromatic nitrogens is 2. The van der Waals surface area contributed by atoms with Crippen LogP contribution in [0.1, 0.15) is 15.9 Å². The lowest BCUT2D eigenvalue weighted by Crippen LogP contribution is -2.23. The molecule has 4 aromatic carbocycles. The van der Waals surface area contributed by atoms with Crippen molar-refractivity contribution in [2.75, 3.05) is 6.61 Å². The van der Waals surface area contributed by atoms with Crippen LogP contribution < -0.4 is 10.3 Å². The number of hydrogen-bond donors (Lipinski definition) is 0. The lowest BCUT2D eigenvalue weighted by atomic mass is 10.0. The quantitative estimate of drug-likeness (QED) is 0.318. The van der Waals surface area contributed by atoms with Crippen LogP contribution in [-0.4, -0.2) is 21.9 Å². The highest BCUT2D eigenvalue weighted by Gasteiger charge is 2.20. The summed E-state index contributed by atoms with van der Waals surface area (Å²) in [5.41, 5.74) is 3.18. The van der Waals surface area contributed by atoms with Gasteiger partial charge in [-0.3, -0.25) is 14.2 Å². The molecule has 5 aromatic rings. The van der Waals surface area contributed by atoms with Gasteiger partial charge >= 0.3 is 0 Å². The highest BCUT2D eigenvalue weighted by molar-refractivity contribution is 6.03. The third kappa shape index (κ3) is 4.11. The molecular formula is C29H22N2O3. The Bertz CT molecular complexity index is 1540. The lowest BCUT2D eigenvalue weighted by Gasteiger charge is -2.16. The summed E-state index contributed by atoms with van der Waals surface area (Å²) >= 11 is 0. The molecule has 0 spiro atoms. The van der Waals surface area contributed by atoms with Crippen LogP contribution in [0.15, 0.2) is 108 Å². The summed E-state index contributed by atoms with van der Waals surface area (Å²) in [6, 6.07) is 31.3. The molecule has 0 aliphatic carbocycles. The smallest absolute Gasteiger partial charge is 0.266 e. The second-order valence-corrected chi connectivity index (χ2v) is 8.00. The minimum Gasteiger partial charge on any atom is -0.485 e. The van der Waals surface area contributed by atoms with Crippen molar-refractivity contribution >= 4 is 16.7 Å². The number of benzene rings is 4. The van der Waals surface area contributed by atoms with Gasteiger partial charge in [-0.2, -0.15) is 0 Å². The van der Waals surface area contributed by atoms with Crippen LogP contribution in [0.25, 0.3) is 28.0 Å². The van der Waals surface area contributed by atoms with Crippen molar-refractivity contribution in [1.82, 2.24) is 9.55 Å². The van der Waals surface area contributed by atoms with Crippen molar-refractivity contribution in [2.45, 2.75) is 6.92 Å². The van der Waals surface area contributed by atoms with Gasteiger partial charge in [-0.25, -0.2) is 4.98 Å². The molecule has 166 valence electrons. The van der Waals surface area contributed by atoms with Crippen LogP contribution in [0.5, 0.6) is 5.75 Å². The second kappa shape index (κ2) is 9.16. The topological polar surface area (TPSA) is 61.2 Å². The van der Waals surface area contributed by atoms with Gasteiger partial charge in [0.25, 0.3) is 5.56 Å². The largest absolute Gasteiger partial charge is 0.485 e. The zero-order chi connectivity index (χ0) is 23.5. The summed E-state index contributed by atoms with van der Waals surface area (Å²) in [5, 5.41) is 0.517. The van der Waals surface area contributed by atoms with E-state index in [-0.39, 0.29) is 17.9 Å². The Kier molecular flexibility index (Phi) is 5.75. The van der Waals surface area contributed by atoms with Crippen molar-refractivity contribution in [3.8, 4) is 22.8 Å². The van der Waals surface area contributed by atoms with E-state index in [4.69, 9.17) is 9.72 Å². The number of rotatable bonds is 6. The third-order valence-electron chi connectivity index (χ3n) is 5.65. The summed E-state index contributed by atoms with van der Waals surface area (Å²) in [6.07, 6.45) is 0. The zero-order valence-electron chi connectivity index (χ0n) is 18.6. The second-order valence-electron chi connectivity index (χ2n) is 8.00. The van der Waals surface area contributed by atoms with Crippen LogP contribution in [-0.2, 0) is 0 Å². The highest BCUT2D eigenvalue weighted by Crippen LogP contribution is 2.26. The van der Waals surface area contributed by atoms with E-state index in [1.54, 1.807) is 34.9 Å². The van der Waals surface area contributed by atoms with Crippen molar-refractivity contribution in [1.29, 1.82) is 0 Å². The maximum absolute atomic E-state index is 13.6. The number of carbonyl (C=O) groups is 1. The van der Waals surface area contributed by atoms with Crippen molar-refractivity contribution in [3.63, 3.8) is 0 Å². The molecule has 0 aliphatic heterocycles. The Labute approximate surface area is 196 Å². The average Bonchev–Trinajstić information content (AvgIpc) is 2.88.